The Balaban J connectivity index is 1.81. The third-order valence-electron chi connectivity index (χ3n) is 6.03. The topological polar surface area (TPSA) is 133 Å². The van der Waals surface area contributed by atoms with E-state index in [0.717, 1.165) is 25.7 Å². The van der Waals surface area contributed by atoms with Crippen molar-refractivity contribution in [1.29, 1.82) is 0 Å². The number of hydrogen-bond donors (Lipinski definition) is 2. The molecule has 1 aliphatic rings. The summed E-state index contributed by atoms with van der Waals surface area (Å²) < 4.78 is 12.2. The van der Waals surface area contributed by atoms with E-state index in [4.69, 9.17) is 14.5 Å². The molecule has 34 heavy (non-hydrogen) atoms. The van der Waals surface area contributed by atoms with Crippen molar-refractivity contribution in [2.24, 2.45) is 5.92 Å². The maximum Gasteiger partial charge on any atom is 0.319 e. The molecule has 3 heterocycles. The minimum absolute atomic E-state index is 0.0421. The first-order chi connectivity index (χ1) is 16.5. The second kappa shape index (κ2) is 10.4. The average Bonchev–Trinajstić information content (AvgIpc) is 2.89. The predicted octanol–water partition coefficient (Wildman–Crippen LogP) is 2.00. The first-order valence-electron chi connectivity index (χ1n) is 11.4. The van der Waals surface area contributed by atoms with Crippen molar-refractivity contribution in [1.82, 2.24) is 29.8 Å². The minimum atomic E-state index is -0.301. The monoisotopic (exact) mass is 467 g/mol. The lowest BCUT2D eigenvalue weighted by Crippen LogP contribution is -2.32. The summed E-state index contributed by atoms with van der Waals surface area (Å²) in [5.74, 6) is 0.594. The van der Waals surface area contributed by atoms with Crippen molar-refractivity contribution in [2.45, 2.75) is 38.6 Å². The van der Waals surface area contributed by atoms with Crippen molar-refractivity contribution in [3.05, 3.63) is 28.7 Å². The highest BCUT2D eigenvalue weighted by atomic mass is 16.5. The molecule has 1 aliphatic carbocycles. The zero-order valence-electron chi connectivity index (χ0n) is 19.6. The van der Waals surface area contributed by atoms with Crippen LogP contribution in [0, 0.1) is 5.92 Å². The summed E-state index contributed by atoms with van der Waals surface area (Å²) in [5.41, 5.74) is 1.84. The summed E-state index contributed by atoms with van der Waals surface area (Å²) >= 11 is 0. The Morgan fingerprint density at radius 1 is 1.12 bits per heavy atom. The number of rotatable bonds is 8. The fourth-order valence-electron chi connectivity index (χ4n) is 4.21. The van der Waals surface area contributed by atoms with Gasteiger partial charge >= 0.3 is 6.01 Å². The smallest absolute Gasteiger partial charge is 0.319 e. The van der Waals surface area contributed by atoms with E-state index in [1.54, 1.807) is 29.9 Å². The van der Waals surface area contributed by atoms with E-state index in [2.05, 4.69) is 25.6 Å². The Kier molecular flexibility index (Phi) is 7.19. The number of likely N-dealkylation sites (N-methyl/N-ethyl adjacent to an activating group) is 1. The van der Waals surface area contributed by atoms with Gasteiger partial charge < -0.3 is 20.1 Å². The molecule has 0 atom stereocenters. The van der Waals surface area contributed by atoms with Gasteiger partial charge in [-0.05, 0) is 30.9 Å². The summed E-state index contributed by atoms with van der Waals surface area (Å²) in [4.78, 5) is 42.8. The summed E-state index contributed by atoms with van der Waals surface area (Å²) in [5, 5.41) is 5.41. The van der Waals surface area contributed by atoms with Gasteiger partial charge in [0.05, 0.1) is 32.0 Å². The highest BCUT2D eigenvalue weighted by Crippen LogP contribution is 2.30. The molecule has 0 radical (unpaired) electrons. The predicted molar refractivity (Wildman–Crippen MR) is 127 cm³/mol. The highest BCUT2D eigenvalue weighted by molar-refractivity contribution is 5.81. The Morgan fingerprint density at radius 2 is 1.91 bits per heavy atom. The highest BCUT2D eigenvalue weighted by Gasteiger charge is 2.20. The van der Waals surface area contributed by atoms with Crippen molar-refractivity contribution >= 4 is 22.9 Å². The summed E-state index contributed by atoms with van der Waals surface area (Å²) in [6.45, 7) is 0.499. The van der Waals surface area contributed by atoms with Gasteiger partial charge in [-0.1, -0.05) is 19.3 Å². The largest absolute Gasteiger partial charge is 0.480 e. The number of aromatic nitrogens is 5. The maximum absolute atomic E-state index is 13.4. The molecule has 0 saturated heterocycles. The number of hydrogen-bond acceptors (Lipinski definition) is 9. The maximum atomic E-state index is 13.4. The number of nitrogens with zero attached hydrogens (tertiary/aromatic N) is 5. The van der Waals surface area contributed by atoms with Crippen LogP contribution in [0.15, 0.2) is 23.1 Å². The van der Waals surface area contributed by atoms with E-state index in [9.17, 15) is 9.59 Å². The molecule has 0 aliphatic heterocycles. The van der Waals surface area contributed by atoms with Crippen LogP contribution in [0.4, 0.5) is 5.82 Å². The van der Waals surface area contributed by atoms with E-state index in [1.165, 1.54) is 20.6 Å². The molecule has 11 heteroatoms. The minimum Gasteiger partial charge on any atom is -0.480 e. The number of carbonyl (C=O) groups is 1. The summed E-state index contributed by atoms with van der Waals surface area (Å²) in [6, 6.07) is 3.76. The lowest BCUT2D eigenvalue weighted by molar-refractivity contribution is -0.118. The molecule has 11 nitrogen and oxygen atoms in total. The molecule has 3 aromatic heterocycles. The van der Waals surface area contributed by atoms with Crippen LogP contribution < -0.4 is 25.7 Å². The molecule has 4 rings (SSSR count). The molecule has 1 saturated carbocycles. The van der Waals surface area contributed by atoms with E-state index >= 15 is 0 Å². The third kappa shape index (κ3) is 4.92. The van der Waals surface area contributed by atoms with Crippen LogP contribution in [-0.2, 0) is 11.3 Å². The van der Waals surface area contributed by atoms with Crippen LogP contribution in [0.5, 0.6) is 11.9 Å². The second-order valence-electron chi connectivity index (χ2n) is 8.23. The van der Waals surface area contributed by atoms with Gasteiger partial charge in [-0.25, -0.2) is 15.0 Å². The Hall–Kier alpha value is -3.76. The van der Waals surface area contributed by atoms with Gasteiger partial charge in [-0.3, -0.25) is 14.2 Å². The molecule has 1 fully saturated rings. The van der Waals surface area contributed by atoms with Crippen LogP contribution in [0.2, 0.25) is 0 Å². The molecular formula is C23H29N7O4. The van der Waals surface area contributed by atoms with Gasteiger partial charge in [0.2, 0.25) is 11.8 Å². The lowest BCUT2D eigenvalue weighted by Gasteiger charge is -2.23. The SMILES string of the molecule is CNC(=O)CNc1nc2ccc(-c3cnc(OC)nc3OC)nc2n(CC2CCCCC2)c1=O. The zero-order valence-corrected chi connectivity index (χ0v) is 19.6. The number of methoxy groups -OCH3 is 2. The molecule has 0 aromatic carbocycles. The number of carbonyl (C=O) groups excluding carboxylic acids is 1. The lowest BCUT2D eigenvalue weighted by atomic mass is 9.89. The fourth-order valence-corrected chi connectivity index (χ4v) is 4.21. The van der Waals surface area contributed by atoms with Crippen molar-refractivity contribution in [2.75, 3.05) is 33.1 Å². The van der Waals surface area contributed by atoms with Gasteiger partial charge in [-0.2, -0.15) is 4.98 Å². The second-order valence-corrected chi connectivity index (χ2v) is 8.23. The van der Waals surface area contributed by atoms with Crippen molar-refractivity contribution in [3.8, 4) is 23.1 Å². The van der Waals surface area contributed by atoms with Gasteiger partial charge in [0.15, 0.2) is 11.5 Å². The third-order valence-corrected chi connectivity index (χ3v) is 6.03. The van der Waals surface area contributed by atoms with Crippen LogP contribution in [0.25, 0.3) is 22.4 Å². The Morgan fingerprint density at radius 3 is 2.62 bits per heavy atom. The van der Waals surface area contributed by atoms with Gasteiger partial charge in [0.1, 0.15) is 5.52 Å². The van der Waals surface area contributed by atoms with Gasteiger partial charge in [0.25, 0.3) is 5.56 Å². The summed E-state index contributed by atoms with van der Waals surface area (Å²) in [6.07, 6.45) is 7.25. The molecule has 180 valence electrons. The molecule has 2 N–H and O–H groups in total. The van der Waals surface area contributed by atoms with E-state index in [1.807, 2.05) is 0 Å². The van der Waals surface area contributed by atoms with Crippen LogP contribution in [0.3, 0.4) is 0 Å². The van der Waals surface area contributed by atoms with Crippen LogP contribution in [0.1, 0.15) is 32.1 Å². The quantitative estimate of drug-likeness (QED) is 0.510. The van der Waals surface area contributed by atoms with Gasteiger partial charge in [0, 0.05) is 19.8 Å². The molecule has 0 spiro atoms. The number of amides is 1. The van der Waals surface area contributed by atoms with Crippen LogP contribution >= 0.6 is 0 Å². The molecule has 0 bridgehead atoms. The number of fused-ring (bicyclic) bond motifs is 1. The van der Waals surface area contributed by atoms with Crippen molar-refractivity contribution in [3.63, 3.8) is 0 Å². The average molecular weight is 468 g/mol. The molecule has 1 amide bonds. The standard InChI is InChI=1S/C23H29N7O4/c1-24-18(31)12-25-19-22(32)30(13-14-7-5-4-6-8-14)20-17(27-19)10-9-16(28-20)15-11-26-23(34-3)29-21(15)33-2/h9-11,14H,4-8,12-13H2,1-3H3,(H,24,31)(H,25,27). The number of anilines is 1. The van der Waals surface area contributed by atoms with E-state index < -0.39 is 0 Å². The summed E-state index contributed by atoms with van der Waals surface area (Å²) in [7, 11) is 4.53. The zero-order chi connectivity index (χ0) is 24.1. The van der Waals surface area contributed by atoms with Gasteiger partial charge in [-0.15, -0.1) is 0 Å². The molecule has 0 unspecified atom stereocenters. The fraction of sp³-hybridized carbons (Fsp3) is 0.478. The van der Waals surface area contributed by atoms with Crippen molar-refractivity contribution < 1.29 is 14.3 Å². The van der Waals surface area contributed by atoms with E-state index in [-0.39, 0.29) is 29.8 Å². The number of ether oxygens (including phenoxy) is 2. The Bertz CT molecular complexity index is 1240. The molecular weight excluding hydrogens is 438 g/mol. The first kappa shape index (κ1) is 23.4. The number of nitrogens with one attached hydrogen (secondary N) is 2. The number of pyridine rings is 1. The normalized spacial score (nSPS) is 14.1. The van der Waals surface area contributed by atoms with Crippen LogP contribution in [-0.4, -0.2) is 58.2 Å². The first-order valence-corrected chi connectivity index (χ1v) is 11.4. The van der Waals surface area contributed by atoms with E-state index in [0.29, 0.717) is 40.8 Å². The Labute approximate surface area is 197 Å². The molecule has 3 aromatic rings.